The fourth-order valence-electron chi connectivity index (χ4n) is 1.29. The van der Waals surface area contributed by atoms with E-state index in [9.17, 15) is 9.59 Å². The first-order valence-electron chi connectivity index (χ1n) is 3.92. The highest BCUT2D eigenvalue weighted by Crippen LogP contribution is 2.29. The van der Waals surface area contributed by atoms with Crippen LogP contribution in [0.5, 0.6) is 0 Å². The second-order valence-corrected chi connectivity index (χ2v) is 3.78. The third kappa shape index (κ3) is 1.44. The van der Waals surface area contributed by atoms with Gasteiger partial charge in [-0.1, -0.05) is 6.07 Å². The monoisotopic (exact) mass is 213 g/mol. The van der Waals surface area contributed by atoms with Crippen molar-refractivity contribution in [2.24, 2.45) is 0 Å². The zero-order valence-electron chi connectivity index (χ0n) is 6.97. The van der Waals surface area contributed by atoms with E-state index in [2.05, 4.69) is 5.32 Å². The summed E-state index contributed by atoms with van der Waals surface area (Å²) in [7, 11) is 0. The van der Waals surface area contributed by atoms with Crippen molar-refractivity contribution in [3.8, 4) is 0 Å². The Bertz CT molecular complexity index is 361. The average Bonchev–Trinajstić information content (AvgIpc) is 2.70. The Balaban J connectivity index is 2.26. The predicted octanol–water partition coefficient (Wildman–Crippen LogP) is 0.982. The Morgan fingerprint density at radius 3 is 3.00 bits per heavy atom. The van der Waals surface area contributed by atoms with Gasteiger partial charge in [0, 0.05) is 4.88 Å². The van der Waals surface area contributed by atoms with Crippen LogP contribution in [0.1, 0.15) is 11.0 Å². The molecule has 2 N–H and O–H groups in total. The molecule has 1 aliphatic heterocycles. The fourth-order valence-corrected chi connectivity index (χ4v) is 2.08. The van der Waals surface area contributed by atoms with Gasteiger partial charge < -0.3 is 15.2 Å². The molecular formula is C8H7NO4S. The first-order chi connectivity index (χ1) is 6.68. The van der Waals surface area contributed by atoms with E-state index < -0.39 is 24.2 Å². The summed E-state index contributed by atoms with van der Waals surface area (Å²) in [5.74, 6) is -1.09. The van der Waals surface area contributed by atoms with Crippen LogP contribution in [0.25, 0.3) is 0 Å². The van der Waals surface area contributed by atoms with Crippen LogP contribution >= 0.6 is 11.3 Å². The summed E-state index contributed by atoms with van der Waals surface area (Å²) in [4.78, 5) is 22.4. The van der Waals surface area contributed by atoms with E-state index in [1.165, 1.54) is 11.3 Å². The lowest BCUT2D eigenvalue weighted by atomic mass is 10.1. The Morgan fingerprint density at radius 1 is 1.64 bits per heavy atom. The molecule has 1 fully saturated rings. The van der Waals surface area contributed by atoms with E-state index in [1.807, 2.05) is 0 Å². The van der Waals surface area contributed by atoms with Crippen molar-refractivity contribution in [1.82, 2.24) is 5.32 Å². The number of carbonyl (C=O) groups excluding carboxylic acids is 1. The van der Waals surface area contributed by atoms with Gasteiger partial charge in [-0.2, -0.15) is 0 Å². The smallest absolute Gasteiger partial charge is 0.408 e. The molecule has 2 atom stereocenters. The zero-order valence-corrected chi connectivity index (χ0v) is 7.78. The van der Waals surface area contributed by atoms with Crippen LogP contribution in [0.2, 0.25) is 0 Å². The van der Waals surface area contributed by atoms with Crippen LogP contribution in [-0.2, 0) is 9.53 Å². The van der Waals surface area contributed by atoms with Crippen molar-refractivity contribution in [3.05, 3.63) is 22.4 Å². The maximum absolute atomic E-state index is 10.9. The topological polar surface area (TPSA) is 75.6 Å². The molecular weight excluding hydrogens is 206 g/mol. The number of nitrogens with one attached hydrogen (secondary N) is 1. The van der Waals surface area contributed by atoms with Gasteiger partial charge in [0.05, 0.1) is 0 Å². The first kappa shape index (κ1) is 9.01. The lowest BCUT2D eigenvalue weighted by Gasteiger charge is -2.10. The largest absolute Gasteiger partial charge is 0.480 e. The molecule has 5 nitrogen and oxygen atoms in total. The van der Waals surface area contributed by atoms with E-state index in [0.29, 0.717) is 0 Å². The highest BCUT2D eigenvalue weighted by atomic mass is 32.1. The van der Waals surface area contributed by atoms with Gasteiger partial charge in [0.1, 0.15) is 0 Å². The maximum Gasteiger partial charge on any atom is 0.408 e. The number of hydrogen-bond acceptors (Lipinski definition) is 4. The molecule has 6 heteroatoms. The molecule has 1 amide bonds. The quantitative estimate of drug-likeness (QED) is 0.767. The average molecular weight is 213 g/mol. The molecule has 0 radical (unpaired) electrons. The number of carbonyl (C=O) groups is 2. The Kier molecular flexibility index (Phi) is 2.12. The van der Waals surface area contributed by atoms with Crippen LogP contribution in [0, 0.1) is 0 Å². The summed E-state index contributed by atoms with van der Waals surface area (Å²) < 4.78 is 4.86. The number of alkyl carbamates (subject to hydrolysis) is 1. The van der Waals surface area contributed by atoms with Crippen LogP contribution in [-0.4, -0.2) is 23.2 Å². The molecule has 2 unspecified atom stereocenters. The van der Waals surface area contributed by atoms with Gasteiger partial charge >= 0.3 is 12.1 Å². The van der Waals surface area contributed by atoms with Gasteiger partial charge in [-0.3, -0.25) is 0 Å². The normalized spacial score (nSPS) is 25.6. The summed E-state index contributed by atoms with van der Waals surface area (Å²) >= 11 is 1.36. The van der Waals surface area contributed by atoms with Gasteiger partial charge in [-0.15, -0.1) is 11.3 Å². The van der Waals surface area contributed by atoms with E-state index in [4.69, 9.17) is 9.84 Å². The molecule has 0 aromatic carbocycles. The Hall–Kier alpha value is -1.56. The third-order valence-electron chi connectivity index (χ3n) is 1.90. The second-order valence-electron chi connectivity index (χ2n) is 2.80. The highest BCUT2D eigenvalue weighted by molar-refractivity contribution is 7.10. The standard InChI is InChI=1S/C8H7NO4S/c10-7(11)5-6(13-8(12)9-5)4-2-1-3-14-4/h1-3,5-6H,(H,9,12)(H,10,11). The second kappa shape index (κ2) is 3.30. The molecule has 0 aliphatic carbocycles. The Morgan fingerprint density at radius 2 is 2.43 bits per heavy atom. The number of ether oxygens (including phenoxy) is 1. The summed E-state index contributed by atoms with van der Waals surface area (Å²) in [5, 5.41) is 12.9. The number of cyclic esters (lactones) is 1. The van der Waals surface area contributed by atoms with Gasteiger partial charge in [0.2, 0.25) is 0 Å². The molecule has 2 rings (SSSR count). The van der Waals surface area contributed by atoms with Crippen LogP contribution in [0.3, 0.4) is 0 Å². The van der Waals surface area contributed by atoms with Crippen LogP contribution in [0.4, 0.5) is 4.79 Å². The molecule has 0 saturated carbocycles. The molecule has 0 bridgehead atoms. The van der Waals surface area contributed by atoms with Gasteiger partial charge in [-0.25, -0.2) is 9.59 Å². The van der Waals surface area contributed by atoms with Crippen molar-refractivity contribution in [2.45, 2.75) is 12.1 Å². The molecule has 2 heterocycles. The van der Waals surface area contributed by atoms with Crippen molar-refractivity contribution >= 4 is 23.4 Å². The van der Waals surface area contributed by atoms with Gasteiger partial charge in [-0.05, 0) is 11.4 Å². The van der Waals surface area contributed by atoms with E-state index in [-0.39, 0.29) is 0 Å². The summed E-state index contributed by atoms with van der Waals surface area (Å²) in [6.45, 7) is 0. The van der Waals surface area contributed by atoms with Crippen molar-refractivity contribution in [3.63, 3.8) is 0 Å². The number of hydrogen-bond donors (Lipinski definition) is 2. The lowest BCUT2D eigenvalue weighted by Crippen LogP contribution is -2.35. The predicted molar refractivity (Wildman–Crippen MR) is 48.1 cm³/mol. The molecule has 1 aliphatic rings. The van der Waals surface area contributed by atoms with E-state index in [1.54, 1.807) is 17.5 Å². The van der Waals surface area contributed by atoms with Crippen molar-refractivity contribution in [2.75, 3.05) is 0 Å². The number of carboxylic acid groups (broad SMARTS) is 1. The van der Waals surface area contributed by atoms with Gasteiger partial charge in [0.25, 0.3) is 0 Å². The molecule has 1 aromatic heterocycles. The maximum atomic E-state index is 10.9. The first-order valence-corrected chi connectivity index (χ1v) is 4.80. The number of carboxylic acids is 1. The number of rotatable bonds is 2. The number of thiophene rings is 1. The molecule has 1 aromatic rings. The summed E-state index contributed by atoms with van der Waals surface area (Å²) in [6, 6.07) is 2.54. The lowest BCUT2D eigenvalue weighted by molar-refractivity contribution is -0.140. The SMILES string of the molecule is O=C1NC(C(=O)O)C(c2cccs2)O1. The Labute approximate surface area is 83.3 Å². The highest BCUT2D eigenvalue weighted by Gasteiger charge is 2.40. The van der Waals surface area contributed by atoms with Crippen LogP contribution in [0.15, 0.2) is 17.5 Å². The molecule has 74 valence electrons. The summed E-state index contributed by atoms with van der Waals surface area (Å²) in [5.41, 5.74) is 0. The zero-order chi connectivity index (χ0) is 10.1. The molecule has 1 saturated heterocycles. The van der Waals surface area contributed by atoms with E-state index >= 15 is 0 Å². The van der Waals surface area contributed by atoms with E-state index in [0.717, 1.165) is 4.88 Å². The van der Waals surface area contributed by atoms with Crippen molar-refractivity contribution < 1.29 is 19.4 Å². The third-order valence-corrected chi connectivity index (χ3v) is 2.83. The minimum Gasteiger partial charge on any atom is -0.480 e. The van der Waals surface area contributed by atoms with Gasteiger partial charge in [0.15, 0.2) is 12.1 Å². The van der Waals surface area contributed by atoms with Crippen LogP contribution < -0.4 is 5.32 Å². The number of aliphatic carboxylic acids is 1. The van der Waals surface area contributed by atoms with Crippen molar-refractivity contribution in [1.29, 1.82) is 0 Å². The fraction of sp³-hybridized carbons (Fsp3) is 0.250. The number of amides is 1. The molecule has 14 heavy (non-hydrogen) atoms. The minimum absolute atomic E-state index is 0.684. The molecule has 0 spiro atoms. The summed E-state index contributed by atoms with van der Waals surface area (Å²) in [6.07, 6.45) is -1.39. The minimum atomic E-state index is -1.09.